The molecule has 2 amide bonds. The van der Waals surface area contributed by atoms with E-state index in [4.69, 9.17) is 9.47 Å². The second kappa shape index (κ2) is 7.31. The van der Waals surface area contributed by atoms with Crippen molar-refractivity contribution < 1.29 is 24.2 Å². The number of carbonyl (C=O) groups is 2. The SMILES string of the molecule is C=CCOC(=O)N[C@H]1CCN(C(=O)OC(C)(C)C)C[C@@H]1O. The summed E-state index contributed by atoms with van der Waals surface area (Å²) in [6.45, 7) is 9.41. The minimum absolute atomic E-state index is 0.110. The molecular formula is C14H24N2O5. The molecule has 0 bridgehead atoms. The quantitative estimate of drug-likeness (QED) is 0.766. The van der Waals surface area contributed by atoms with Crippen LogP contribution in [0.2, 0.25) is 0 Å². The molecule has 0 spiro atoms. The first-order chi connectivity index (χ1) is 9.73. The lowest BCUT2D eigenvalue weighted by atomic mass is 10.0. The van der Waals surface area contributed by atoms with Crippen molar-refractivity contribution in [2.45, 2.75) is 44.9 Å². The van der Waals surface area contributed by atoms with E-state index in [9.17, 15) is 14.7 Å². The van der Waals surface area contributed by atoms with Crippen LogP contribution in [0.1, 0.15) is 27.2 Å². The third-order valence-electron chi connectivity index (χ3n) is 2.87. The number of piperidine rings is 1. The van der Waals surface area contributed by atoms with Gasteiger partial charge in [-0.15, -0.1) is 0 Å². The summed E-state index contributed by atoms with van der Waals surface area (Å²) < 4.78 is 10.0. The number of β-amino-alcohol motifs (C(OH)–C–C–N with tert-alkyl or cyclic N) is 1. The fourth-order valence-electron chi connectivity index (χ4n) is 1.92. The summed E-state index contributed by atoms with van der Waals surface area (Å²) in [6, 6.07) is -0.444. The molecule has 120 valence electrons. The standard InChI is InChI=1S/C14H24N2O5/c1-5-8-20-12(18)15-10-6-7-16(9-11(10)17)13(19)21-14(2,3)4/h5,10-11,17H,1,6-9H2,2-4H3,(H,15,18)/t10-,11-/m0/s1. The highest BCUT2D eigenvalue weighted by molar-refractivity contribution is 5.69. The summed E-state index contributed by atoms with van der Waals surface area (Å²) >= 11 is 0. The van der Waals surface area contributed by atoms with E-state index < -0.39 is 29.9 Å². The molecule has 21 heavy (non-hydrogen) atoms. The molecule has 0 radical (unpaired) electrons. The lowest BCUT2D eigenvalue weighted by Crippen LogP contribution is -2.56. The highest BCUT2D eigenvalue weighted by Crippen LogP contribution is 2.16. The number of hydrogen-bond acceptors (Lipinski definition) is 5. The summed E-state index contributed by atoms with van der Waals surface area (Å²) in [6.07, 6.45) is -0.0356. The minimum Gasteiger partial charge on any atom is -0.445 e. The van der Waals surface area contributed by atoms with Crippen molar-refractivity contribution in [1.82, 2.24) is 10.2 Å². The average Bonchev–Trinajstić information content (AvgIpc) is 2.36. The van der Waals surface area contributed by atoms with Crippen LogP contribution in [0.25, 0.3) is 0 Å². The number of nitrogens with zero attached hydrogens (tertiary/aromatic N) is 1. The van der Waals surface area contributed by atoms with E-state index in [1.54, 1.807) is 20.8 Å². The van der Waals surface area contributed by atoms with Crippen molar-refractivity contribution in [3.05, 3.63) is 12.7 Å². The van der Waals surface area contributed by atoms with Crippen LogP contribution in [-0.4, -0.2) is 59.6 Å². The fourth-order valence-corrected chi connectivity index (χ4v) is 1.92. The zero-order valence-electron chi connectivity index (χ0n) is 12.8. The molecule has 1 aliphatic heterocycles. The molecule has 0 aromatic heterocycles. The Labute approximate surface area is 124 Å². The van der Waals surface area contributed by atoms with Gasteiger partial charge in [-0.05, 0) is 27.2 Å². The van der Waals surface area contributed by atoms with Crippen LogP contribution in [0, 0.1) is 0 Å². The number of aliphatic hydroxyl groups is 1. The first-order valence-corrected chi connectivity index (χ1v) is 6.93. The smallest absolute Gasteiger partial charge is 0.410 e. The Hall–Kier alpha value is -1.76. The molecular weight excluding hydrogens is 276 g/mol. The maximum Gasteiger partial charge on any atom is 0.410 e. The largest absolute Gasteiger partial charge is 0.445 e. The van der Waals surface area contributed by atoms with Gasteiger partial charge in [0.2, 0.25) is 0 Å². The van der Waals surface area contributed by atoms with Crippen LogP contribution >= 0.6 is 0 Å². The summed E-state index contributed by atoms with van der Waals surface area (Å²) in [7, 11) is 0. The molecule has 7 nitrogen and oxygen atoms in total. The number of aliphatic hydroxyl groups excluding tert-OH is 1. The summed E-state index contributed by atoms with van der Waals surface area (Å²) in [5, 5.41) is 12.6. The van der Waals surface area contributed by atoms with Crippen LogP contribution in [0.4, 0.5) is 9.59 Å². The molecule has 1 rings (SSSR count). The van der Waals surface area contributed by atoms with Gasteiger partial charge >= 0.3 is 12.2 Å². The van der Waals surface area contributed by atoms with Crippen LogP contribution < -0.4 is 5.32 Å². The van der Waals surface area contributed by atoms with Crippen molar-refractivity contribution in [3.63, 3.8) is 0 Å². The topological polar surface area (TPSA) is 88.1 Å². The predicted molar refractivity (Wildman–Crippen MR) is 76.9 cm³/mol. The second-order valence-corrected chi connectivity index (χ2v) is 5.92. The highest BCUT2D eigenvalue weighted by Gasteiger charge is 2.33. The molecule has 1 heterocycles. The lowest BCUT2D eigenvalue weighted by molar-refractivity contribution is -0.00447. The van der Waals surface area contributed by atoms with Crippen molar-refractivity contribution in [3.8, 4) is 0 Å². The molecule has 2 N–H and O–H groups in total. The van der Waals surface area contributed by atoms with Gasteiger partial charge in [-0.1, -0.05) is 12.7 Å². The summed E-state index contributed by atoms with van der Waals surface area (Å²) in [4.78, 5) is 24.8. The first-order valence-electron chi connectivity index (χ1n) is 6.93. The van der Waals surface area contributed by atoms with Gasteiger partial charge in [0.05, 0.1) is 18.7 Å². The molecule has 0 aromatic rings. The van der Waals surface area contributed by atoms with Crippen LogP contribution in [0.3, 0.4) is 0 Å². The van der Waals surface area contributed by atoms with E-state index >= 15 is 0 Å². The van der Waals surface area contributed by atoms with E-state index in [1.807, 2.05) is 0 Å². The number of ether oxygens (including phenoxy) is 2. The molecule has 1 saturated heterocycles. The summed E-state index contributed by atoms with van der Waals surface area (Å²) in [5.41, 5.74) is -0.578. The summed E-state index contributed by atoms with van der Waals surface area (Å²) in [5.74, 6) is 0. The number of likely N-dealkylation sites (tertiary alicyclic amines) is 1. The Kier molecular flexibility index (Phi) is 6.02. The number of rotatable bonds is 3. The van der Waals surface area contributed by atoms with Crippen LogP contribution in [0.5, 0.6) is 0 Å². The zero-order chi connectivity index (χ0) is 16.0. The van der Waals surface area contributed by atoms with E-state index in [2.05, 4.69) is 11.9 Å². The van der Waals surface area contributed by atoms with Crippen LogP contribution in [-0.2, 0) is 9.47 Å². The first kappa shape index (κ1) is 17.3. The van der Waals surface area contributed by atoms with Crippen molar-refractivity contribution in [2.75, 3.05) is 19.7 Å². The predicted octanol–water partition coefficient (Wildman–Crippen LogP) is 1.27. The Bertz CT molecular complexity index is 391. The molecule has 0 aromatic carbocycles. The van der Waals surface area contributed by atoms with Crippen LogP contribution in [0.15, 0.2) is 12.7 Å². The minimum atomic E-state index is -0.859. The monoisotopic (exact) mass is 300 g/mol. The molecule has 1 aliphatic rings. The number of carbonyl (C=O) groups excluding carboxylic acids is 2. The number of nitrogens with one attached hydrogen (secondary N) is 1. The molecule has 2 atom stereocenters. The molecule has 0 unspecified atom stereocenters. The van der Waals surface area contributed by atoms with E-state index in [-0.39, 0.29) is 13.2 Å². The highest BCUT2D eigenvalue weighted by atomic mass is 16.6. The van der Waals surface area contributed by atoms with Crippen molar-refractivity contribution in [1.29, 1.82) is 0 Å². The molecule has 7 heteroatoms. The number of amides is 2. The molecule has 0 saturated carbocycles. The van der Waals surface area contributed by atoms with Gasteiger partial charge < -0.3 is 24.8 Å². The van der Waals surface area contributed by atoms with Gasteiger partial charge in [-0.25, -0.2) is 9.59 Å². The normalized spacial score (nSPS) is 22.4. The number of hydrogen-bond donors (Lipinski definition) is 2. The Balaban J connectivity index is 2.45. The Morgan fingerprint density at radius 1 is 1.48 bits per heavy atom. The number of alkyl carbamates (subject to hydrolysis) is 1. The van der Waals surface area contributed by atoms with E-state index in [0.29, 0.717) is 13.0 Å². The van der Waals surface area contributed by atoms with Crippen molar-refractivity contribution in [2.24, 2.45) is 0 Å². The maximum absolute atomic E-state index is 11.9. The maximum atomic E-state index is 11.9. The molecule has 0 aliphatic carbocycles. The third-order valence-corrected chi connectivity index (χ3v) is 2.87. The van der Waals surface area contributed by atoms with Gasteiger partial charge in [0, 0.05) is 6.54 Å². The van der Waals surface area contributed by atoms with Gasteiger partial charge in [0.25, 0.3) is 0 Å². The average molecular weight is 300 g/mol. The van der Waals surface area contributed by atoms with Crippen molar-refractivity contribution >= 4 is 12.2 Å². The fraction of sp³-hybridized carbons (Fsp3) is 0.714. The molecule has 1 fully saturated rings. The zero-order valence-corrected chi connectivity index (χ0v) is 12.8. The van der Waals surface area contributed by atoms with E-state index in [0.717, 1.165) is 0 Å². The van der Waals surface area contributed by atoms with Gasteiger partial charge in [-0.3, -0.25) is 0 Å². The Morgan fingerprint density at radius 3 is 2.67 bits per heavy atom. The lowest BCUT2D eigenvalue weighted by Gasteiger charge is -2.36. The van der Waals surface area contributed by atoms with E-state index in [1.165, 1.54) is 11.0 Å². The van der Waals surface area contributed by atoms with Gasteiger partial charge in [0.15, 0.2) is 0 Å². The second-order valence-electron chi connectivity index (χ2n) is 5.92. The third kappa shape index (κ3) is 6.03. The van der Waals surface area contributed by atoms with Gasteiger partial charge in [0.1, 0.15) is 12.2 Å². The Morgan fingerprint density at radius 2 is 2.14 bits per heavy atom. The van der Waals surface area contributed by atoms with Gasteiger partial charge in [-0.2, -0.15) is 0 Å².